The van der Waals surface area contributed by atoms with E-state index in [1.54, 1.807) is 19.9 Å². The molecule has 25 heavy (non-hydrogen) atoms. The van der Waals surface area contributed by atoms with Gasteiger partial charge >= 0.3 is 0 Å². The Morgan fingerprint density at radius 1 is 1.20 bits per heavy atom. The van der Waals surface area contributed by atoms with E-state index in [-0.39, 0.29) is 35.2 Å². The van der Waals surface area contributed by atoms with Gasteiger partial charge in [0.25, 0.3) is 0 Å². The van der Waals surface area contributed by atoms with Crippen LogP contribution in [0.1, 0.15) is 52.9 Å². The van der Waals surface area contributed by atoms with Crippen molar-refractivity contribution in [2.24, 2.45) is 28.6 Å². The molecule has 0 aromatic carbocycles. The Kier molecular flexibility index (Phi) is 3.50. The fraction of sp³-hybridized carbons (Fsp3) is 0.714. The van der Waals surface area contributed by atoms with Crippen LogP contribution < -0.4 is 0 Å². The van der Waals surface area contributed by atoms with Crippen molar-refractivity contribution in [1.29, 1.82) is 0 Å². The molecule has 0 unspecified atom stereocenters. The SMILES string of the molecule is CC(=O)[C@H]1CC[C@H]2[C@@H]3C[C@H](F)C4=CC(=O)C=C[C@]4(C)[C@@]3(F)CC[C@]12C. The maximum absolute atomic E-state index is 16.5. The molecule has 4 aliphatic carbocycles. The van der Waals surface area contributed by atoms with E-state index >= 15 is 8.78 Å². The fourth-order valence-corrected chi connectivity index (χ4v) is 6.74. The van der Waals surface area contributed by atoms with Crippen LogP contribution >= 0.6 is 0 Å². The van der Waals surface area contributed by atoms with Gasteiger partial charge in [0.1, 0.15) is 17.6 Å². The van der Waals surface area contributed by atoms with Gasteiger partial charge in [-0.2, -0.15) is 0 Å². The van der Waals surface area contributed by atoms with Gasteiger partial charge in [-0.25, -0.2) is 8.78 Å². The van der Waals surface area contributed by atoms with E-state index < -0.39 is 23.2 Å². The lowest BCUT2D eigenvalue weighted by Crippen LogP contribution is -2.62. The minimum atomic E-state index is -1.55. The Bertz CT molecular complexity index is 711. The molecule has 0 amide bonds. The second-order valence-corrected chi connectivity index (χ2v) is 9.06. The van der Waals surface area contributed by atoms with Gasteiger partial charge in [-0.05, 0) is 75.0 Å². The van der Waals surface area contributed by atoms with E-state index in [0.717, 1.165) is 12.8 Å². The van der Waals surface area contributed by atoms with Gasteiger partial charge in [0.05, 0.1) is 0 Å². The van der Waals surface area contributed by atoms with Crippen LogP contribution in [-0.4, -0.2) is 23.4 Å². The summed E-state index contributed by atoms with van der Waals surface area (Å²) in [4.78, 5) is 23.8. The van der Waals surface area contributed by atoms with Gasteiger partial charge in [-0.3, -0.25) is 9.59 Å². The number of rotatable bonds is 1. The highest BCUT2D eigenvalue weighted by Gasteiger charge is 2.68. The van der Waals surface area contributed by atoms with E-state index in [9.17, 15) is 9.59 Å². The van der Waals surface area contributed by atoms with Gasteiger partial charge in [0.15, 0.2) is 5.78 Å². The molecule has 0 aliphatic heterocycles. The summed E-state index contributed by atoms with van der Waals surface area (Å²) in [5.41, 5.74) is -2.52. The van der Waals surface area contributed by atoms with Crippen molar-refractivity contribution in [3.05, 3.63) is 23.8 Å². The van der Waals surface area contributed by atoms with Crippen LogP contribution in [0.5, 0.6) is 0 Å². The summed E-state index contributed by atoms with van der Waals surface area (Å²) in [6, 6.07) is 0. The average molecular weight is 348 g/mol. The number of carbonyl (C=O) groups excluding carboxylic acids is 2. The highest BCUT2D eigenvalue weighted by atomic mass is 19.1. The predicted octanol–water partition coefficient (Wildman–Crippen LogP) is 4.54. The first-order valence-corrected chi connectivity index (χ1v) is 9.42. The molecule has 0 aromatic heterocycles. The van der Waals surface area contributed by atoms with Crippen molar-refractivity contribution in [1.82, 2.24) is 0 Å². The first-order chi connectivity index (χ1) is 11.6. The molecule has 3 fully saturated rings. The van der Waals surface area contributed by atoms with Gasteiger partial charge in [0.2, 0.25) is 0 Å². The lowest BCUT2D eigenvalue weighted by atomic mass is 9.46. The average Bonchev–Trinajstić information content (AvgIpc) is 2.89. The number of alkyl halides is 2. The third-order valence-corrected chi connectivity index (χ3v) is 8.14. The number of carbonyl (C=O) groups is 2. The Morgan fingerprint density at radius 3 is 2.60 bits per heavy atom. The zero-order valence-corrected chi connectivity index (χ0v) is 15.1. The summed E-state index contributed by atoms with van der Waals surface area (Å²) in [6.07, 6.45) is 5.70. The predicted molar refractivity (Wildman–Crippen MR) is 91.4 cm³/mol. The molecular formula is C21H26F2O2. The number of hydrogen-bond donors (Lipinski definition) is 0. The molecule has 4 heteroatoms. The van der Waals surface area contributed by atoms with E-state index in [4.69, 9.17) is 0 Å². The summed E-state index contributed by atoms with van der Waals surface area (Å²) in [6.45, 7) is 5.49. The van der Waals surface area contributed by atoms with Crippen LogP contribution in [0.25, 0.3) is 0 Å². The second-order valence-electron chi connectivity index (χ2n) is 9.06. The largest absolute Gasteiger partial charge is 0.300 e. The monoisotopic (exact) mass is 348 g/mol. The van der Waals surface area contributed by atoms with Crippen LogP contribution in [-0.2, 0) is 9.59 Å². The minimum Gasteiger partial charge on any atom is -0.300 e. The minimum absolute atomic E-state index is 0.0304. The molecule has 0 spiro atoms. The quantitative estimate of drug-likeness (QED) is 0.697. The number of allylic oxidation sites excluding steroid dienone is 4. The molecule has 0 bridgehead atoms. The van der Waals surface area contributed by atoms with E-state index in [2.05, 4.69) is 6.92 Å². The Labute approximate surface area is 147 Å². The number of halogens is 2. The molecule has 0 heterocycles. The molecule has 0 radical (unpaired) electrons. The molecule has 0 saturated heterocycles. The molecule has 2 nitrogen and oxygen atoms in total. The van der Waals surface area contributed by atoms with Gasteiger partial charge < -0.3 is 0 Å². The van der Waals surface area contributed by atoms with Crippen LogP contribution in [0.3, 0.4) is 0 Å². The highest BCUT2D eigenvalue weighted by Crippen LogP contribution is 2.69. The van der Waals surface area contributed by atoms with Gasteiger partial charge in [-0.15, -0.1) is 0 Å². The lowest BCUT2D eigenvalue weighted by molar-refractivity contribution is -0.146. The summed E-state index contributed by atoms with van der Waals surface area (Å²) in [7, 11) is 0. The standard InChI is InChI=1S/C21H26F2O2/c1-12(24)14-4-5-15-16-11-18(22)17-10-13(25)6-7-20(17,3)21(16,23)9-8-19(14,15)2/h6-7,10,14-16,18H,4-5,8-9,11H2,1-3H3/t14-,15+,16+,18+,19-,20+,21-/m1/s1. The third kappa shape index (κ3) is 2.00. The van der Waals surface area contributed by atoms with Crippen LogP contribution in [0, 0.1) is 28.6 Å². The molecule has 3 saturated carbocycles. The van der Waals surface area contributed by atoms with Crippen molar-refractivity contribution in [3.8, 4) is 0 Å². The summed E-state index contributed by atoms with van der Waals surface area (Å²) < 4.78 is 31.5. The Hall–Kier alpha value is -1.32. The normalized spacial score (nSPS) is 51.4. The van der Waals surface area contributed by atoms with Crippen LogP contribution in [0.15, 0.2) is 23.8 Å². The van der Waals surface area contributed by atoms with E-state index in [0.29, 0.717) is 18.4 Å². The van der Waals surface area contributed by atoms with E-state index in [1.165, 1.54) is 12.2 Å². The van der Waals surface area contributed by atoms with Gasteiger partial charge in [0, 0.05) is 17.3 Å². The zero-order chi connectivity index (χ0) is 18.2. The van der Waals surface area contributed by atoms with Crippen molar-refractivity contribution in [2.75, 3.05) is 0 Å². The first-order valence-electron chi connectivity index (χ1n) is 9.42. The number of Topliss-reactive ketones (excluding diaryl/α,β-unsaturated/α-hetero) is 1. The number of fused-ring (bicyclic) bond motifs is 5. The summed E-state index contributed by atoms with van der Waals surface area (Å²) in [5.74, 6) is -0.476. The molecule has 4 aliphatic rings. The topological polar surface area (TPSA) is 34.1 Å². The van der Waals surface area contributed by atoms with Crippen LogP contribution in [0.2, 0.25) is 0 Å². The van der Waals surface area contributed by atoms with Crippen LogP contribution in [0.4, 0.5) is 8.78 Å². The first kappa shape index (κ1) is 17.1. The Balaban J connectivity index is 1.79. The molecule has 0 N–H and O–H groups in total. The van der Waals surface area contributed by atoms with Crippen molar-refractivity contribution < 1.29 is 18.4 Å². The van der Waals surface area contributed by atoms with Crippen molar-refractivity contribution >= 4 is 11.6 Å². The van der Waals surface area contributed by atoms with Gasteiger partial charge in [-0.1, -0.05) is 13.0 Å². The van der Waals surface area contributed by atoms with Crippen molar-refractivity contribution in [3.63, 3.8) is 0 Å². The molecular weight excluding hydrogens is 322 g/mol. The smallest absolute Gasteiger partial charge is 0.178 e. The highest BCUT2D eigenvalue weighted by molar-refractivity contribution is 6.01. The second kappa shape index (κ2) is 5.11. The van der Waals surface area contributed by atoms with Crippen molar-refractivity contribution in [2.45, 2.75) is 64.7 Å². The fourth-order valence-electron chi connectivity index (χ4n) is 6.74. The maximum Gasteiger partial charge on any atom is 0.178 e. The molecule has 0 aromatic rings. The number of hydrogen-bond acceptors (Lipinski definition) is 2. The zero-order valence-electron chi connectivity index (χ0n) is 15.1. The van der Waals surface area contributed by atoms with E-state index in [1.807, 2.05) is 0 Å². The molecule has 4 rings (SSSR count). The number of ketones is 2. The maximum atomic E-state index is 16.5. The summed E-state index contributed by atoms with van der Waals surface area (Å²) >= 11 is 0. The lowest BCUT2D eigenvalue weighted by Gasteiger charge is -2.60. The molecule has 136 valence electrons. The Morgan fingerprint density at radius 2 is 1.92 bits per heavy atom. The third-order valence-electron chi connectivity index (χ3n) is 8.14. The molecule has 7 atom stereocenters. The summed E-state index contributed by atoms with van der Waals surface area (Å²) in [5, 5.41) is 0.